The molecule has 3 nitrogen and oxygen atoms in total. The zero-order valence-corrected chi connectivity index (χ0v) is 9.34. The smallest absolute Gasteiger partial charge is 0.106 e. The molecule has 0 bridgehead atoms. The van der Waals surface area contributed by atoms with Crippen molar-refractivity contribution in [2.45, 2.75) is 38.5 Å². The Hall–Kier alpha value is -0.830. The Labute approximate surface area is 90.7 Å². The third-order valence-electron chi connectivity index (χ3n) is 3.81. The summed E-state index contributed by atoms with van der Waals surface area (Å²) in [5, 5.41) is 3.31. The normalized spacial score (nSPS) is 22.5. The standard InChI is InChI=1S/C12H19N3/c1-8-12(10-3-2-4-10)15-11(14-8)5-9-6-13-7-9/h9-10,13H,2-7H2,1H3,(H,14,15). The molecule has 1 saturated heterocycles. The molecular weight excluding hydrogens is 186 g/mol. The molecule has 1 aromatic heterocycles. The van der Waals surface area contributed by atoms with Gasteiger partial charge in [0.15, 0.2) is 0 Å². The molecule has 2 aliphatic rings. The number of aromatic nitrogens is 2. The van der Waals surface area contributed by atoms with E-state index < -0.39 is 0 Å². The van der Waals surface area contributed by atoms with Crippen LogP contribution in [-0.2, 0) is 6.42 Å². The van der Waals surface area contributed by atoms with Gasteiger partial charge in [0.2, 0.25) is 0 Å². The average molecular weight is 205 g/mol. The Kier molecular flexibility index (Phi) is 2.28. The summed E-state index contributed by atoms with van der Waals surface area (Å²) < 4.78 is 0. The number of hydrogen-bond acceptors (Lipinski definition) is 2. The molecule has 0 atom stereocenters. The molecule has 0 amide bonds. The first-order chi connectivity index (χ1) is 7.33. The second kappa shape index (κ2) is 3.63. The van der Waals surface area contributed by atoms with E-state index in [1.165, 1.54) is 49.6 Å². The van der Waals surface area contributed by atoms with E-state index in [4.69, 9.17) is 4.98 Å². The summed E-state index contributed by atoms with van der Waals surface area (Å²) in [5.74, 6) is 2.78. The van der Waals surface area contributed by atoms with E-state index in [1.807, 2.05) is 0 Å². The van der Waals surface area contributed by atoms with Crippen molar-refractivity contribution in [1.82, 2.24) is 15.3 Å². The molecule has 0 spiro atoms. The van der Waals surface area contributed by atoms with Crippen LogP contribution in [0.1, 0.15) is 42.4 Å². The zero-order valence-electron chi connectivity index (χ0n) is 9.34. The maximum absolute atomic E-state index is 4.77. The lowest BCUT2D eigenvalue weighted by atomic mass is 9.82. The SMILES string of the molecule is Cc1[nH]c(CC2CNC2)nc1C1CCC1. The van der Waals surface area contributed by atoms with Gasteiger partial charge in [-0.05, 0) is 38.8 Å². The van der Waals surface area contributed by atoms with Crippen molar-refractivity contribution >= 4 is 0 Å². The van der Waals surface area contributed by atoms with Crippen LogP contribution < -0.4 is 5.32 Å². The lowest BCUT2D eigenvalue weighted by molar-refractivity contribution is 0.341. The molecule has 0 radical (unpaired) electrons. The molecule has 15 heavy (non-hydrogen) atoms. The Morgan fingerprint density at radius 3 is 2.67 bits per heavy atom. The van der Waals surface area contributed by atoms with E-state index in [0.717, 1.165) is 18.3 Å². The number of rotatable bonds is 3. The van der Waals surface area contributed by atoms with Crippen molar-refractivity contribution in [3.63, 3.8) is 0 Å². The molecular formula is C12H19N3. The Bertz CT molecular complexity index is 348. The van der Waals surface area contributed by atoms with Crippen LogP contribution in [0, 0.1) is 12.8 Å². The Balaban J connectivity index is 1.72. The fourth-order valence-corrected chi connectivity index (χ4v) is 2.48. The molecule has 0 unspecified atom stereocenters. The summed E-state index contributed by atoms with van der Waals surface area (Å²) in [6.07, 6.45) is 5.20. The van der Waals surface area contributed by atoms with Crippen molar-refractivity contribution in [1.29, 1.82) is 0 Å². The fourth-order valence-electron chi connectivity index (χ4n) is 2.48. The van der Waals surface area contributed by atoms with Crippen molar-refractivity contribution < 1.29 is 0 Å². The number of aromatic amines is 1. The molecule has 1 saturated carbocycles. The Morgan fingerprint density at radius 1 is 1.33 bits per heavy atom. The number of imidazole rings is 1. The number of H-pyrrole nitrogens is 1. The van der Waals surface area contributed by atoms with Gasteiger partial charge in [0, 0.05) is 18.0 Å². The summed E-state index contributed by atoms with van der Waals surface area (Å²) in [4.78, 5) is 8.22. The third-order valence-corrected chi connectivity index (χ3v) is 3.81. The van der Waals surface area contributed by atoms with E-state index in [0.29, 0.717) is 0 Å². The quantitative estimate of drug-likeness (QED) is 0.789. The summed E-state index contributed by atoms with van der Waals surface area (Å²) >= 11 is 0. The van der Waals surface area contributed by atoms with Crippen LogP contribution >= 0.6 is 0 Å². The minimum atomic E-state index is 0.759. The molecule has 1 aromatic rings. The van der Waals surface area contributed by atoms with Crippen LogP contribution in [0.4, 0.5) is 0 Å². The molecule has 3 heteroatoms. The van der Waals surface area contributed by atoms with Crippen molar-refractivity contribution in [3.8, 4) is 0 Å². The maximum atomic E-state index is 4.77. The molecule has 2 heterocycles. The summed E-state index contributed by atoms with van der Waals surface area (Å²) in [6, 6.07) is 0. The van der Waals surface area contributed by atoms with Gasteiger partial charge >= 0.3 is 0 Å². The number of nitrogens with zero attached hydrogens (tertiary/aromatic N) is 1. The maximum Gasteiger partial charge on any atom is 0.106 e. The second-order valence-corrected chi connectivity index (χ2v) is 5.05. The summed E-state index contributed by atoms with van der Waals surface area (Å²) in [7, 11) is 0. The molecule has 1 aliphatic carbocycles. The van der Waals surface area contributed by atoms with E-state index in [-0.39, 0.29) is 0 Å². The average Bonchev–Trinajstić information content (AvgIpc) is 2.38. The van der Waals surface area contributed by atoms with Gasteiger partial charge in [-0.25, -0.2) is 4.98 Å². The molecule has 2 N–H and O–H groups in total. The van der Waals surface area contributed by atoms with Crippen molar-refractivity contribution in [3.05, 3.63) is 17.2 Å². The van der Waals surface area contributed by atoms with Crippen molar-refractivity contribution in [2.24, 2.45) is 5.92 Å². The highest BCUT2D eigenvalue weighted by molar-refractivity contribution is 5.20. The van der Waals surface area contributed by atoms with Crippen molar-refractivity contribution in [2.75, 3.05) is 13.1 Å². The van der Waals surface area contributed by atoms with Gasteiger partial charge in [0.1, 0.15) is 5.82 Å². The lowest BCUT2D eigenvalue weighted by Crippen LogP contribution is -2.43. The van der Waals surface area contributed by atoms with Crippen LogP contribution in [0.2, 0.25) is 0 Å². The first-order valence-electron chi connectivity index (χ1n) is 6.09. The molecule has 1 aliphatic heterocycles. The largest absolute Gasteiger partial charge is 0.346 e. The Morgan fingerprint density at radius 2 is 2.13 bits per heavy atom. The monoisotopic (exact) mass is 205 g/mol. The van der Waals surface area contributed by atoms with Crippen LogP contribution in [0.5, 0.6) is 0 Å². The highest BCUT2D eigenvalue weighted by Gasteiger charge is 2.25. The zero-order chi connectivity index (χ0) is 10.3. The highest BCUT2D eigenvalue weighted by Crippen LogP contribution is 2.36. The predicted molar refractivity (Wildman–Crippen MR) is 60.0 cm³/mol. The van der Waals surface area contributed by atoms with Crippen LogP contribution in [0.25, 0.3) is 0 Å². The number of aryl methyl sites for hydroxylation is 1. The first kappa shape index (κ1) is 9.40. The fraction of sp³-hybridized carbons (Fsp3) is 0.750. The molecule has 82 valence electrons. The van der Waals surface area contributed by atoms with Gasteiger partial charge < -0.3 is 10.3 Å². The van der Waals surface area contributed by atoms with E-state index in [9.17, 15) is 0 Å². The second-order valence-electron chi connectivity index (χ2n) is 5.05. The highest BCUT2D eigenvalue weighted by atomic mass is 15.0. The summed E-state index contributed by atoms with van der Waals surface area (Å²) in [5.41, 5.74) is 2.66. The molecule has 3 rings (SSSR count). The minimum Gasteiger partial charge on any atom is -0.346 e. The predicted octanol–water partition coefficient (Wildman–Crippen LogP) is 1.75. The van der Waals surface area contributed by atoms with Crippen LogP contribution in [0.3, 0.4) is 0 Å². The molecule has 0 aromatic carbocycles. The van der Waals surface area contributed by atoms with Crippen LogP contribution in [0.15, 0.2) is 0 Å². The van der Waals surface area contributed by atoms with Gasteiger partial charge in [0.05, 0.1) is 5.69 Å². The number of nitrogens with one attached hydrogen (secondary N) is 2. The first-order valence-corrected chi connectivity index (χ1v) is 6.09. The van der Waals surface area contributed by atoms with E-state index in [1.54, 1.807) is 0 Å². The van der Waals surface area contributed by atoms with E-state index in [2.05, 4.69) is 17.2 Å². The third kappa shape index (κ3) is 1.69. The summed E-state index contributed by atoms with van der Waals surface area (Å²) in [6.45, 7) is 4.50. The van der Waals surface area contributed by atoms with E-state index >= 15 is 0 Å². The van der Waals surface area contributed by atoms with Gasteiger partial charge in [-0.1, -0.05) is 6.42 Å². The molecule has 2 fully saturated rings. The van der Waals surface area contributed by atoms with Gasteiger partial charge in [-0.15, -0.1) is 0 Å². The number of hydrogen-bond donors (Lipinski definition) is 2. The van der Waals surface area contributed by atoms with Gasteiger partial charge in [0.25, 0.3) is 0 Å². The lowest BCUT2D eigenvalue weighted by Gasteiger charge is -2.26. The van der Waals surface area contributed by atoms with Gasteiger partial charge in [-0.3, -0.25) is 0 Å². The van der Waals surface area contributed by atoms with Gasteiger partial charge in [-0.2, -0.15) is 0 Å². The van der Waals surface area contributed by atoms with Crippen LogP contribution in [-0.4, -0.2) is 23.1 Å². The topological polar surface area (TPSA) is 40.7 Å². The minimum absolute atomic E-state index is 0.759.